The third kappa shape index (κ3) is 4.15. The van der Waals surface area contributed by atoms with E-state index in [1.807, 2.05) is 0 Å². The normalized spacial score (nSPS) is 42.0. The van der Waals surface area contributed by atoms with Crippen LogP contribution in [0.4, 0.5) is 0 Å². The van der Waals surface area contributed by atoms with Crippen LogP contribution in [0, 0.1) is 47.3 Å². The Morgan fingerprint density at radius 2 is 0.947 bits per heavy atom. The maximum absolute atomic E-state index is 7.64. The molecule has 0 amide bonds. The van der Waals surface area contributed by atoms with Gasteiger partial charge in [0, 0.05) is 5.30 Å². The second kappa shape index (κ2) is 9.89. The summed E-state index contributed by atoms with van der Waals surface area (Å²) < 4.78 is 7.64. The Hall–Kier alpha value is -0.333. The highest BCUT2D eigenvalue weighted by Gasteiger charge is 2.58. The molecular formula is C35H55OPSi. The second-order valence-electron chi connectivity index (χ2n) is 16.1. The molecule has 3 heteroatoms. The highest BCUT2D eigenvalue weighted by Crippen LogP contribution is 2.71. The predicted octanol–water partition coefficient (Wildman–Crippen LogP) is 10.00. The van der Waals surface area contributed by atoms with Crippen LogP contribution in [0.3, 0.4) is 0 Å². The molecule has 0 aromatic heterocycles. The zero-order valence-electron chi connectivity index (χ0n) is 25.2. The fraction of sp³-hybridized carbons (Fsp3) is 0.829. The quantitative estimate of drug-likeness (QED) is 0.231. The molecule has 0 saturated heterocycles. The first-order valence-electron chi connectivity index (χ1n) is 16.8. The minimum atomic E-state index is -2.00. The standard InChI is InChI=1S/C35H55OPSi/c1-21(2)38(22(3)4,23(5)6)36-32-9-7-8-10-33(32)37(34-28-13-24-11-25(15-28)16-29(34)14-24)35-30-17-26-12-27(19-30)20-31(35)18-26/h7-10,21-31,34-35H,11-20H2,1-6H3. The van der Waals surface area contributed by atoms with Crippen LogP contribution < -0.4 is 9.73 Å². The molecule has 0 radical (unpaired) electrons. The summed E-state index contributed by atoms with van der Waals surface area (Å²) in [6.45, 7) is 14.8. The Balaban J connectivity index is 1.33. The van der Waals surface area contributed by atoms with Crippen LogP contribution in [0.15, 0.2) is 24.3 Å². The first-order chi connectivity index (χ1) is 18.2. The van der Waals surface area contributed by atoms with Crippen molar-refractivity contribution < 1.29 is 4.43 Å². The summed E-state index contributed by atoms with van der Waals surface area (Å²) >= 11 is 0. The molecule has 0 N–H and O–H groups in total. The largest absolute Gasteiger partial charge is 0.542 e. The van der Waals surface area contributed by atoms with E-state index in [0.29, 0.717) is 16.6 Å². The van der Waals surface area contributed by atoms with Gasteiger partial charge < -0.3 is 4.43 Å². The number of para-hydroxylation sites is 1. The monoisotopic (exact) mass is 550 g/mol. The molecule has 9 rings (SSSR count). The van der Waals surface area contributed by atoms with Gasteiger partial charge in [0.2, 0.25) is 0 Å². The van der Waals surface area contributed by atoms with Crippen LogP contribution >= 0.6 is 7.92 Å². The van der Waals surface area contributed by atoms with Crippen LogP contribution in [0.2, 0.25) is 16.6 Å². The van der Waals surface area contributed by atoms with Gasteiger partial charge in [-0.1, -0.05) is 67.7 Å². The van der Waals surface area contributed by atoms with E-state index in [-0.39, 0.29) is 7.92 Å². The summed E-state index contributed by atoms with van der Waals surface area (Å²) in [7, 11) is -2.19. The fourth-order valence-electron chi connectivity index (χ4n) is 12.5. The Kier molecular flexibility index (Phi) is 6.91. The number of rotatable bonds is 8. The third-order valence-corrected chi connectivity index (χ3v) is 23.0. The van der Waals surface area contributed by atoms with Crippen molar-refractivity contribution in [2.24, 2.45) is 47.3 Å². The van der Waals surface area contributed by atoms with Gasteiger partial charge in [-0.25, -0.2) is 0 Å². The van der Waals surface area contributed by atoms with Crippen molar-refractivity contribution in [1.29, 1.82) is 0 Å². The van der Waals surface area contributed by atoms with Gasteiger partial charge in [0.25, 0.3) is 8.32 Å². The molecular weight excluding hydrogens is 495 g/mol. The molecule has 1 aromatic carbocycles. The average molecular weight is 551 g/mol. The first-order valence-corrected chi connectivity index (χ1v) is 20.4. The van der Waals surface area contributed by atoms with E-state index < -0.39 is 8.32 Å². The van der Waals surface area contributed by atoms with Gasteiger partial charge in [0.1, 0.15) is 5.75 Å². The van der Waals surface area contributed by atoms with Crippen molar-refractivity contribution in [2.45, 2.75) is 134 Å². The summed E-state index contributed by atoms with van der Waals surface area (Å²) in [6.07, 6.45) is 15.7. The van der Waals surface area contributed by atoms with Gasteiger partial charge in [-0.3, -0.25) is 0 Å². The van der Waals surface area contributed by atoms with Gasteiger partial charge in [-0.05, 0) is 146 Å². The third-order valence-electron chi connectivity index (χ3n) is 13.1. The molecule has 38 heavy (non-hydrogen) atoms. The molecule has 210 valence electrons. The second-order valence-corrected chi connectivity index (χ2v) is 24.0. The molecule has 1 nitrogen and oxygen atoms in total. The molecule has 0 atom stereocenters. The van der Waals surface area contributed by atoms with E-state index in [1.165, 1.54) is 5.75 Å². The zero-order chi connectivity index (χ0) is 26.3. The molecule has 8 aliphatic rings. The number of hydrogen-bond acceptors (Lipinski definition) is 1. The van der Waals surface area contributed by atoms with Crippen LogP contribution in [0.25, 0.3) is 0 Å². The van der Waals surface area contributed by atoms with E-state index in [4.69, 9.17) is 4.43 Å². The summed E-state index contributed by atoms with van der Waals surface area (Å²) in [4.78, 5) is 0. The Morgan fingerprint density at radius 3 is 1.32 bits per heavy atom. The number of benzene rings is 1. The zero-order valence-corrected chi connectivity index (χ0v) is 27.1. The van der Waals surface area contributed by atoms with E-state index in [0.717, 1.165) is 58.7 Å². The molecule has 0 unspecified atom stereocenters. The van der Waals surface area contributed by atoms with E-state index in [2.05, 4.69) is 65.8 Å². The van der Waals surface area contributed by atoms with Crippen molar-refractivity contribution in [2.75, 3.05) is 0 Å². The van der Waals surface area contributed by atoms with Gasteiger partial charge in [0.05, 0.1) is 0 Å². The summed E-state index contributed by atoms with van der Waals surface area (Å²) in [5.41, 5.74) is 3.86. The Labute approximate surface area is 236 Å². The lowest BCUT2D eigenvalue weighted by Crippen LogP contribution is -2.54. The van der Waals surface area contributed by atoms with Crippen molar-refractivity contribution in [3.8, 4) is 5.75 Å². The molecule has 0 heterocycles. The fourth-order valence-corrected chi connectivity index (χ4v) is 22.3. The lowest BCUT2D eigenvalue weighted by Gasteiger charge is -2.62. The smallest absolute Gasteiger partial charge is 0.258 e. The molecule has 8 aliphatic carbocycles. The average Bonchev–Trinajstić information content (AvgIpc) is 2.84. The van der Waals surface area contributed by atoms with Gasteiger partial charge in [-0.15, -0.1) is 0 Å². The topological polar surface area (TPSA) is 9.23 Å². The Bertz CT molecular complexity index is 895. The molecule has 8 saturated carbocycles. The molecule has 0 aliphatic heterocycles. The summed E-state index contributed by atoms with van der Waals surface area (Å²) in [5.74, 6) is 9.70. The van der Waals surface area contributed by atoms with Crippen LogP contribution in [0.1, 0.15) is 106 Å². The SMILES string of the molecule is CC(C)[Si](Oc1ccccc1P(C1C2CC3CC(C2)CC1C3)C1C2CC3CC(C2)CC1C3)(C(C)C)C(C)C. The van der Waals surface area contributed by atoms with Gasteiger partial charge in [-0.2, -0.15) is 0 Å². The highest BCUT2D eigenvalue weighted by atomic mass is 31.1. The van der Waals surface area contributed by atoms with Crippen molar-refractivity contribution in [3.63, 3.8) is 0 Å². The lowest BCUT2D eigenvalue weighted by molar-refractivity contribution is 0.0136. The van der Waals surface area contributed by atoms with Crippen LogP contribution in [-0.2, 0) is 0 Å². The summed E-state index contributed by atoms with van der Waals surface area (Å²) in [5, 5.41) is 1.73. The molecule has 8 bridgehead atoms. The van der Waals surface area contributed by atoms with Gasteiger partial charge in [0.15, 0.2) is 0 Å². The van der Waals surface area contributed by atoms with Crippen molar-refractivity contribution >= 4 is 21.5 Å². The molecule has 8 fully saturated rings. The van der Waals surface area contributed by atoms with Crippen molar-refractivity contribution in [1.82, 2.24) is 0 Å². The summed E-state index contributed by atoms with van der Waals surface area (Å²) in [6, 6.07) is 9.75. The highest BCUT2D eigenvalue weighted by molar-refractivity contribution is 7.67. The van der Waals surface area contributed by atoms with E-state index >= 15 is 0 Å². The number of hydrogen-bond donors (Lipinski definition) is 0. The minimum Gasteiger partial charge on any atom is -0.542 e. The predicted molar refractivity (Wildman–Crippen MR) is 166 cm³/mol. The molecule has 0 spiro atoms. The lowest BCUT2D eigenvalue weighted by atomic mass is 9.55. The van der Waals surface area contributed by atoms with E-state index in [9.17, 15) is 0 Å². The molecule has 1 aromatic rings. The van der Waals surface area contributed by atoms with E-state index in [1.54, 1.807) is 69.5 Å². The first kappa shape index (κ1) is 26.6. The van der Waals surface area contributed by atoms with Gasteiger partial charge >= 0.3 is 0 Å². The van der Waals surface area contributed by atoms with Crippen LogP contribution in [-0.4, -0.2) is 19.6 Å². The van der Waals surface area contributed by atoms with Crippen molar-refractivity contribution in [3.05, 3.63) is 24.3 Å². The maximum atomic E-state index is 7.64. The Morgan fingerprint density at radius 1 is 0.579 bits per heavy atom. The minimum absolute atomic E-state index is 0.190. The maximum Gasteiger partial charge on any atom is 0.258 e. The van der Waals surface area contributed by atoms with Crippen LogP contribution in [0.5, 0.6) is 5.75 Å².